The molecule has 0 aliphatic heterocycles. The van der Waals surface area contributed by atoms with Crippen LogP contribution in [-0.4, -0.2) is 13.7 Å². The van der Waals surface area contributed by atoms with Crippen molar-refractivity contribution in [1.29, 1.82) is 0 Å². The summed E-state index contributed by atoms with van der Waals surface area (Å²) in [5.74, 6) is 0. The molecule has 120 valence electrons. The van der Waals surface area contributed by atoms with Gasteiger partial charge < -0.3 is 4.57 Å². The van der Waals surface area contributed by atoms with Gasteiger partial charge in [-0.3, -0.25) is 13.9 Å². The van der Waals surface area contributed by atoms with Crippen molar-refractivity contribution in [3.05, 3.63) is 57.4 Å². The first-order valence-corrected chi connectivity index (χ1v) is 7.90. The van der Waals surface area contributed by atoms with E-state index in [0.29, 0.717) is 10.9 Å². The molecule has 0 atom stereocenters. The molecule has 0 amide bonds. The lowest BCUT2D eigenvalue weighted by Crippen LogP contribution is -2.36. The molecule has 0 unspecified atom stereocenters. The fraction of sp³-hybridized carbons (Fsp3) is 0.333. The molecule has 5 heteroatoms. The van der Waals surface area contributed by atoms with E-state index in [2.05, 4.69) is 11.5 Å². The Morgan fingerprint density at radius 1 is 1.00 bits per heavy atom. The summed E-state index contributed by atoms with van der Waals surface area (Å²) in [5.41, 5.74) is 2.04. The predicted molar refractivity (Wildman–Crippen MR) is 92.8 cm³/mol. The van der Waals surface area contributed by atoms with E-state index in [1.165, 1.54) is 11.6 Å². The molecule has 5 nitrogen and oxygen atoms in total. The first-order chi connectivity index (χ1) is 11.1. The Labute approximate surface area is 134 Å². The second-order valence-electron chi connectivity index (χ2n) is 5.86. The number of fused-ring (bicyclic) bond motifs is 1. The van der Waals surface area contributed by atoms with Crippen LogP contribution in [-0.2, 0) is 20.6 Å². The summed E-state index contributed by atoms with van der Waals surface area (Å²) in [6.07, 6.45) is 4.02. The average Bonchev–Trinajstić information content (AvgIpc) is 2.96. The molecule has 0 aliphatic carbocycles. The molecule has 3 aromatic rings. The van der Waals surface area contributed by atoms with Crippen LogP contribution in [0.5, 0.6) is 0 Å². The molecule has 2 aromatic heterocycles. The lowest BCUT2D eigenvalue weighted by Gasteiger charge is -2.09. The van der Waals surface area contributed by atoms with Crippen LogP contribution in [0.4, 0.5) is 0 Å². The second kappa shape index (κ2) is 5.91. The summed E-state index contributed by atoms with van der Waals surface area (Å²) in [6, 6.07) is 9.89. The molecule has 23 heavy (non-hydrogen) atoms. The number of aryl methyl sites for hydroxylation is 2. The van der Waals surface area contributed by atoms with E-state index in [0.717, 1.165) is 30.6 Å². The van der Waals surface area contributed by atoms with Gasteiger partial charge >= 0.3 is 5.69 Å². The van der Waals surface area contributed by atoms with Crippen LogP contribution in [0.15, 0.2) is 46.1 Å². The number of benzene rings is 1. The van der Waals surface area contributed by atoms with E-state index in [-0.39, 0.29) is 11.2 Å². The van der Waals surface area contributed by atoms with Crippen molar-refractivity contribution in [3.63, 3.8) is 0 Å². The van der Waals surface area contributed by atoms with E-state index in [9.17, 15) is 9.59 Å². The largest absolute Gasteiger partial charge is 0.345 e. The molecule has 0 spiro atoms. The zero-order valence-corrected chi connectivity index (χ0v) is 13.7. The maximum absolute atomic E-state index is 12.7. The first-order valence-electron chi connectivity index (χ1n) is 7.90. The Balaban J connectivity index is 2.43. The summed E-state index contributed by atoms with van der Waals surface area (Å²) in [6.45, 7) is 2.97. The Hall–Kier alpha value is -2.56. The molecule has 0 aliphatic rings. The zero-order valence-electron chi connectivity index (χ0n) is 13.7. The average molecular weight is 311 g/mol. The van der Waals surface area contributed by atoms with Crippen LogP contribution in [0, 0.1) is 0 Å². The summed E-state index contributed by atoms with van der Waals surface area (Å²) in [7, 11) is 3.24. The van der Waals surface area contributed by atoms with Gasteiger partial charge in [0.05, 0.1) is 16.6 Å². The Morgan fingerprint density at radius 2 is 1.70 bits per heavy atom. The highest BCUT2D eigenvalue weighted by Crippen LogP contribution is 2.28. The second-order valence-corrected chi connectivity index (χ2v) is 5.86. The van der Waals surface area contributed by atoms with Crippen LogP contribution in [0.25, 0.3) is 22.2 Å². The van der Waals surface area contributed by atoms with Crippen LogP contribution in [0.1, 0.15) is 19.8 Å². The maximum Gasteiger partial charge on any atom is 0.330 e. The third-order valence-electron chi connectivity index (χ3n) is 4.31. The summed E-state index contributed by atoms with van der Waals surface area (Å²) < 4.78 is 4.83. The SMILES string of the molecule is CCCCn1cc2c(c1-c1ccccc1)c(=O)n(C)c(=O)n2C. The molecular formula is C18H21N3O2. The van der Waals surface area contributed by atoms with E-state index >= 15 is 0 Å². The highest BCUT2D eigenvalue weighted by Gasteiger charge is 2.18. The standard InChI is InChI=1S/C18H21N3O2/c1-4-5-11-21-12-14-15(16(21)13-9-7-6-8-10-13)17(22)20(3)18(23)19(14)2/h6-10,12H,4-5,11H2,1-3H3. The Morgan fingerprint density at radius 3 is 2.35 bits per heavy atom. The Bertz CT molecular complexity index is 962. The molecule has 0 N–H and O–H groups in total. The highest BCUT2D eigenvalue weighted by molar-refractivity contribution is 5.93. The highest BCUT2D eigenvalue weighted by atomic mass is 16.2. The molecule has 0 saturated carbocycles. The zero-order chi connectivity index (χ0) is 16.6. The summed E-state index contributed by atoms with van der Waals surface area (Å²) in [5, 5.41) is 0.608. The summed E-state index contributed by atoms with van der Waals surface area (Å²) >= 11 is 0. The third-order valence-corrected chi connectivity index (χ3v) is 4.31. The molecular weight excluding hydrogens is 290 g/mol. The molecule has 0 fully saturated rings. The van der Waals surface area contributed by atoms with E-state index < -0.39 is 0 Å². The van der Waals surface area contributed by atoms with Crippen molar-refractivity contribution >= 4 is 10.9 Å². The van der Waals surface area contributed by atoms with Crippen molar-refractivity contribution in [1.82, 2.24) is 13.7 Å². The van der Waals surface area contributed by atoms with Gasteiger partial charge in [0, 0.05) is 26.8 Å². The van der Waals surface area contributed by atoms with Crippen molar-refractivity contribution < 1.29 is 0 Å². The number of nitrogens with zero attached hydrogens (tertiary/aromatic N) is 3. The normalized spacial score (nSPS) is 11.3. The van der Waals surface area contributed by atoms with Crippen LogP contribution >= 0.6 is 0 Å². The van der Waals surface area contributed by atoms with Crippen LogP contribution in [0.3, 0.4) is 0 Å². The molecule has 0 bridgehead atoms. The lowest BCUT2D eigenvalue weighted by molar-refractivity contribution is 0.640. The van der Waals surface area contributed by atoms with Crippen LogP contribution in [0.2, 0.25) is 0 Å². The Kier molecular flexibility index (Phi) is 3.94. The number of rotatable bonds is 4. The van der Waals surface area contributed by atoms with Gasteiger partial charge in [-0.25, -0.2) is 4.79 Å². The maximum atomic E-state index is 12.7. The molecule has 0 saturated heterocycles. The molecule has 3 rings (SSSR count). The van der Waals surface area contributed by atoms with Crippen LogP contribution < -0.4 is 11.2 Å². The molecule has 2 heterocycles. The quantitative estimate of drug-likeness (QED) is 0.743. The van der Waals surface area contributed by atoms with Gasteiger partial charge in [-0.2, -0.15) is 0 Å². The van der Waals surface area contributed by atoms with Gasteiger partial charge in [0.25, 0.3) is 5.56 Å². The fourth-order valence-electron chi connectivity index (χ4n) is 3.00. The predicted octanol–water partition coefficient (Wildman–Crippen LogP) is 2.51. The van der Waals surface area contributed by atoms with Crippen molar-refractivity contribution in [2.45, 2.75) is 26.3 Å². The van der Waals surface area contributed by atoms with Crippen molar-refractivity contribution in [2.24, 2.45) is 14.1 Å². The van der Waals surface area contributed by atoms with Crippen molar-refractivity contribution in [3.8, 4) is 11.3 Å². The topological polar surface area (TPSA) is 48.9 Å². The number of aromatic nitrogens is 3. The lowest BCUT2D eigenvalue weighted by atomic mass is 10.1. The van der Waals surface area contributed by atoms with Gasteiger partial charge in [0.2, 0.25) is 0 Å². The third kappa shape index (κ3) is 2.42. The number of hydrogen-bond acceptors (Lipinski definition) is 2. The van der Waals surface area contributed by atoms with Gasteiger partial charge in [0.1, 0.15) is 0 Å². The smallest absolute Gasteiger partial charge is 0.330 e. The van der Waals surface area contributed by atoms with Gasteiger partial charge in [0.15, 0.2) is 0 Å². The monoisotopic (exact) mass is 311 g/mol. The first kappa shape index (κ1) is 15.3. The number of hydrogen-bond donors (Lipinski definition) is 0. The van der Waals surface area contributed by atoms with E-state index in [1.807, 2.05) is 36.5 Å². The number of unbranched alkanes of at least 4 members (excludes halogenated alkanes) is 1. The minimum Gasteiger partial charge on any atom is -0.345 e. The van der Waals surface area contributed by atoms with Gasteiger partial charge in [-0.1, -0.05) is 43.7 Å². The van der Waals surface area contributed by atoms with Gasteiger partial charge in [-0.15, -0.1) is 0 Å². The minimum absolute atomic E-state index is 0.239. The van der Waals surface area contributed by atoms with E-state index in [4.69, 9.17) is 0 Å². The fourth-order valence-corrected chi connectivity index (χ4v) is 3.00. The summed E-state index contributed by atoms with van der Waals surface area (Å²) in [4.78, 5) is 24.9. The molecule has 1 aromatic carbocycles. The minimum atomic E-state index is -0.297. The molecule has 0 radical (unpaired) electrons. The van der Waals surface area contributed by atoms with Gasteiger partial charge in [-0.05, 0) is 12.0 Å². The van der Waals surface area contributed by atoms with E-state index in [1.54, 1.807) is 11.6 Å². The van der Waals surface area contributed by atoms with Crippen molar-refractivity contribution in [2.75, 3.05) is 0 Å².